The quantitative estimate of drug-likeness (QED) is 0.448. The van der Waals surface area contributed by atoms with Crippen LogP contribution >= 0.6 is 11.8 Å². The van der Waals surface area contributed by atoms with Gasteiger partial charge in [-0.15, -0.1) is 6.42 Å². The molecular formula is C21H20N2O4S. The molecule has 3 rings (SSSR count). The summed E-state index contributed by atoms with van der Waals surface area (Å²) in [4.78, 5) is 38.1. The van der Waals surface area contributed by atoms with Gasteiger partial charge < -0.3 is 9.30 Å². The number of rotatable bonds is 4. The van der Waals surface area contributed by atoms with Crippen molar-refractivity contribution in [3.8, 4) is 12.3 Å². The summed E-state index contributed by atoms with van der Waals surface area (Å²) in [5, 5.41) is 0.436. The third kappa shape index (κ3) is 4.12. The Morgan fingerprint density at radius 3 is 2.68 bits per heavy atom. The van der Waals surface area contributed by atoms with E-state index in [1.54, 1.807) is 26.8 Å². The lowest BCUT2D eigenvalue weighted by Gasteiger charge is -2.21. The number of imide groups is 1. The van der Waals surface area contributed by atoms with Crippen LogP contribution in [0.2, 0.25) is 0 Å². The maximum absolute atomic E-state index is 12.7. The van der Waals surface area contributed by atoms with Gasteiger partial charge in [0.15, 0.2) is 0 Å². The zero-order chi connectivity index (χ0) is 20.5. The molecule has 1 aliphatic rings. The molecule has 1 aliphatic heterocycles. The van der Waals surface area contributed by atoms with Gasteiger partial charge in [0.2, 0.25) is 0 Å². The van der Waals surface area contributed by atoms with Gasteiger partial charge >= 0.3 is 5.97 Å². The van der Waals surface area contributed by atoms with Crippen LogP contribution in [0, 0.1) is 12.3 Å². The second kappa shape index (κ2) is 7.56. The van der Waals surface area contributed by atoms with Gasteiger partial charge in [-0.1, -0.05) is 24.1 Å². The fourth-order valence-corrected chi connectivity index (χ4v) is 3.73. The molecule has 1 aromatic heterocycles. The number of esters is 1. The zero-order valence-corrected chi connectivity index (χ0v) is 16.7. The number of benzene rings is 1. The van der Waals surface area contributed by atoms with Gasteiger partial charge in [-0.05, 0) is 44.7 Å². The average molecular weight is 396 g/mol. The minimum atomic E-state index is -0.687. The van der Waals surface area contributed by atoms with Crippen molar-refractivity contribution in [3.63, 3.8) is 0 Å². The Morgan fingerprint density at radius 1 is 1.29 bits per heavy atom. The van der Waals surface area contributed by atoms with Gasteiger partial charge in [0.05, 0.1) is 11.4 Å². The van der Waals surface area contributed by atoms with E-state index in [0.29, 0.717) is 6.54 Å². The van der Waals surface area contributed by atoms with E-state index >= 15 is 0 Å². The Morgan fingerprint density at radius 2 is 2.00 bits per heavy atom. The van der Waals surface area contributed by atoms with Gasteiger partial charge in [-0.3, -0.25) is 19.3 Å². The molecule has 0 bridgehead atoms. The number of ether oxygens (including phenoxy) is 1. The molecule has 6 nitrogen and oxygen atoms in total. The van der Waals surface area contributed by atoms with Crippen LogP contribution in [0.15, 0.2) is 35.4 Å². The van der Waals surface area contributed by atoms with E-state index in [1.807, 2.05) is 35.0 Å². The lowest BCUT2D eigenvalue weighted by atomic mass is 10.1. The molecule has 0 radical (unpaired) electrons. The first-order chi connectivity index (χ1) is 13.2. The molecule has 7 heteroatoms. The lowest BCUT2D eigenvalue weighted by molar-refractivity contribution is -0.156. The topological polar surface area (TPSA) is 68.6 Å². The molecule has 2 aromatic rings. The van der Waals surface area contributed by atoms with E-state index in [4.69, 9.17) is 11.2 Å². The Balaban J connectivity index is 1.87. The van der Waals surface area contributed by atoms with E-state index in [-0.39, 0.29) is 4.91 Å². The Bertz CT molecular complexity index is 1040. The van der Waals surface area contributed by atoms with Crippen molar-refractivity contribution in [1.29, 1.82) is 0 Å². The fraction of sp³-hybridized carbons (Fsp3) is 0.286. The molecule has 144 valence electrons. The van der Waals surface area contributed by atoms with Crippen molar-refractivity contribution < 1.29 is 19.1 Å². The van der Waals surface area contributed by atoms with Crippen molar-refractivity contribution in [2.75, 3.05) is 6.54 Å². The molecule has 0 spiro atoms. The van der Waals surface area contributed by atoms with Gasteiger partial charge in [0.1, 0.15) is 12.1 Å². The number of amides is 2. The van der Waals surface area contributed by atoms with E-state index in [1.165, 1.54) is 0 Å². The largest absolute Gasteiger partial charge is 0.459 e. The molecule has 0 unspecified atom stereocenters. The van der Waals surface area contributed by atoms with Crippen molar-refractivity contribution in [1.82, 2.24) is 9.47 Å². The average Bonchev–Trinajstić information content (AvgIpc) is 3.07. The normalized spacial score (nSPS) is 16.1. The highest BCUT2D eigenvalue weighted by Crippen LogP contribution is 2.34. The summed E-state index contributed by atoms with van der Waals surface area (Å²) < 4.78 is 7.11. The Kier molecular flexibility index (Phi) is 5.34. The van der Waals surface area contributed by atoms with Gasteiger partial charge in [-0.2, -0.15) is 0 Å². The number of nitrogens with zero attached hydrogens (tertiary/aromatic N) is 2. The Labute approximate surface area is 167 Å². The predicted octanol–water partition coefficient (Wildman–Crippen LogP) is 3.65. The molecule has 1 saturated heterocycles. The van der Waals surface area contributed by atoms with Crippen molar-refractivity contribution in [2.45, 2.75) is 32.9 Å². The number of hydrogen-bond acceptors (Lipinski definition) is 5. The van der Waals surface area contributed by atoms with Gasteiger partial charge in [0, 0.05) is 22.7 Å². The highest BCUT2D eigenvalue weighted by Gasteiger charge is 2.37. The summed E-state index contributed by atoms with van der Waals surface area (Å²) in [6.45, 7) is 5.17. The highest BCUT2D eigenvalue weighted by molar-refractivity contribution is 8.18. The standard InChI is InChI=1S/C21H20N2O4S/c1-5-10-22-12-14(15-8-6-7-9-16(15)22)11-17-19(25)23(20(26)28-17)13-18(24)27-21(2,3)4/h1,6-9,11-12H,10,13H2,2-4H3. The monoisotopic (exact) mass is 396 g/mol. The molecule has 0 atom stereocenters. The molecule has 2 heterocycles. The Hall–Kier alpha value is -2.98. The number of para-hydroxylation sites is 1. The smallest absolute Gasteiger partial charge is 0.326 e. The first-order valence-electron chi connectivity index (χ1n) is 8.68. The number of carbonyl (C=O) groups excluding carboxylic acids is 3. The molecule has 0 N–H and O–H groups in total. The predicted molar refractivity (Wildman–Crippen MR) is 109 cm³/mol. The first kappa shape index (κ1) is 19.8. The number of hydrogen-bond donors (Lipinski definition) is 0. The van der Waals surface area contributed by atoms with Crippen LogP contribution in [0.25, 0.3) is 17.0 Å². The molecule has 1 aromatic carbocycles. The minimum absolute atomic E-state index is 0.261. The van der Waals surface area contributed by atoms with Crippen LogP contribution in [0.3, 0.4) is 0 Å². The molecule has 0 aliphatic carbocycles. The van der Waals surface area contributed by atoms with E-state index in [9.17, 15) is 14.4 Å². The fourth-order valence-electron chi connectivity index (χ4n) is 2.90. The third-order valence-electron chi connectivity index (χ3n) is 3.95. The summed E-state index contributed by atoms with van der Waals surface area (Å²) in [7, 11) is 0. The highest BCUT2D eigenvalue weighted by atomic mass is 32.2. The number of terminal acetylenes is 1. The van der Waals surface area contributed by atoms with Gasteiger partial charge in [-0.25, -0.2) is 0 Å². The van der Waals surface area contributed by atoms with Crippen LogP contribution in [0.4, 0.5) is 4.79 Å². The molecule has 0 saturated carbocycles. The SMILES string of the molecule is C#CCn1cc(C=C2SC(=O)N(CC(=O)OC(C)(C)C)C2=O)c2ccccc21. The van der Waals surface area contributed by atoms with Crippen LogP contribution in [0.5, 0.6) is 0 Å². The first-order valence-corrected chi connectivity index (χ1v) is 9.50. The summed E-state index contributed by atoms with van der Waals surface area (Å²) in [6, 6.07) is 7.68. The molecule has 2 amide bonds. The van der Waals surface area contributed by atoms with Crippen LogP contribution in [-0.2, 0) is 20.9 Å². The molecule has 28 heavy (non-hydrogen) atoms. The summed E-state index contributed by atoms with van der Waals surface area (Å²) >= 11 is 0.809. The third-order valence-corrected chi connectivity index (χ3v) is 4.86. The number of aromatic nitrogens is 1. The van der Waals surface area contributed by atoms with Gasteiger partial charge in [0.25, 0.3) is 11.1 Å². The van der Waals surface area contributed by atoms with Crippen molar-refractivity contribution in [2.24, 2.45) is 0 Å². The lowest BCUT2D eigenvalue weighted by Crippen LogP contribution is -2.37. The number of thioether (sulfide) groups is 1. The van der Waals surface area contributed by atoms with Crippen LogP contribution in [-0.4, -0.2) is 38.7 Å². The molecular weight excluding hydrogens is 376 g/mol. The van der Waals surface area contributed by atoms with E-state index < -0.39 is 29.3 Å². The van der Waals surface area contributed by atoms with Crippen molar-refractivity contribution >= 4 is 45.9 Å². The van der Waals surface area contributed by atoms with Crippen LogP contribution < -0.4 is 0 Å². The maximum atomic E-state index is 12.7. The van der Waals surface area contributed by atoms with Crippen LogP contribution in [0.1, 0.15) is 26.3 Å². The molecule has 1 fully saturated rings. The summed E-state index contributed by atoms with van der Waals surface area (Å²) in [5.41, 5.74) is 1.04. The van der Waals surface area contributed by atoms with E-state index in [2.05, 4.69) is 5.92 Å². The maximum Gasteiger partial charge on any atom is 0.326 e. The summed E-state index contributed by atoms with van der Waals surface area (Å²) in [6.07, 6.45) is 8.95. The number of carbonyl (C=O) groups is 3. The number of fused-ring (bicyclic) bond motifs is 1. The summed E-state index contributed by atoms with van der Waals surface area (Å²) in [5.74, 6) is 1.47. The second-order valence-electron chi connectivity index (χ2n) is 7.29. The van der Waals surface area contributed by atoms with E-state index in [0.717, 1.165) is 33.1 Å². The minimum Gasteiger partial charge on any atom is -0.459 e. The second-order valence-corrected chi connectivity index (χ2v) is 8.28. The van der Waals surface area contributed by atoms with Crippen molar-refractivity contribution in [3.05, 3.63) is 40.9 Å². The zero-order valence-electron chi connectivity index (χ0n) is 15.9.